The highest BCUT2D eigenvalue weighted by atomic mass is 16.5. The Bertz CT molecular complexity index is 627. The van der Waals surface area contributed by atoms with Crippen molar-refractivity contribution in [1.29, 1.82) is 0 Å². The van der Waals surface area contributed by atoms with E-state index in [1.54, 1.807) is 4.90 Å². The average molecular weight is 342 g/mol. The first kappa shape index (κ1) is 17.7. The predicted molar refractivity (Wildman–Crippen MR) is 95.8 cm³/mol. The van der Waals surface area contributed by atoms with Crippen molar-refractivity contribution in [3.63, 3.8) is 0 Å². The highest BCUT2D eigenvalue weighted by Gasteiger charge is 2.33. The minimum atomic E-state index is -0.554. The van der Waals surface area contributed by atoms with Crippen LogP contribution < -0.4 is 5.32 Å². The Kier molecular flexibility index (Phi) is 6.23. The maximum absolute atomic E-state index is 12.6. The number of carbonyl (C=O) groups excluding carboxylic acids is 2. The molecule has 0 aromatic heterocycles. The lowest BCUT2D eigenvalue weighted by Gasteiger charge is -2.34. The monoisotopic (exact) mass is 342 g/mol. The Morgan fingerprint density at radius 3 is 2.84 bits per heavy atom. The third-order valence-electron chi connectivity index (χ3n) is 4.83. The van der Waals surface area contributed by atoms with Crippen LogP contribution >= 0.6 is 0 Å². The SMILES string of the molecule is O=C(NCCC1=CCCCC1)[C@H]1COCC(=O)N1Cc1ccccc1. The minimum Gasteiger partial charge on any atom is -0.369 e. The standard InChI is InChI=1S/C20H26N2O3/c23-19-15-25-14-18(22(19)13-17-9-5-2-6-10-17)20(24)21-12-11-16-7-3-1-4-8-16/h2,5-7,9-10,18H,1,3-4,8,11-15H2,(H,21,24)/t18-/m1/s1. The maximum Gasteiger partial charge on any atom is 0.249 e. The van der Waals surface area contributed by atoms with Gasteiger partial charge in [0.1, 0.15) is 12.6 Å². The smallest absolute Gasteiger partial charge is 0.249 e. The molecule has 1 N–H and O–H groups in total. The minimum absolute atomic E-state index is 0.0451. The van der Waals surface area contributed by atoms with E-state index in [4.69, 9.17) is 4.74 Å². The molecule has 1 aromatic rings. The second kappa shape index (κ2) is 8.81. The number of carbonyl (C=O) groups is 2. The van der Waals surface area contributed by atoms with Gasteiger partial charge in [-0.1, -0.05) is 42.0 Å². The Morgan fingerprint density at radius 2 is 2.08 bits per heavy atom. The van der Waals surface area contributed by atoms with Crippen LogP contribution in [0.2, 0.25) is 0 Å². The molecule has 2 amide bonds. The van der Waals surface area contributed by atoms with E-state index in [0.717, 1.165) is 24.8 Å². The predicted octanol–water partition coefficient (Wildman–Crippen LogP) is 2.42. The third kappa shape index (κ3) is 4.92. The molecule has 1 atom stereocenters. The number of allylic oxidation sites excluding steroid dienone is 1. The molecule has 5 nitrogen and oxygen atoms in total. The van der Waals surface area contributed by atoms with Gasteiger partial charge in [0.25, 0.3) is 0 Å². The molecule has 1 heterocycles. The van der Waals surface area contributed by atoms with Crippen molar-refractivity contribution in [2.24, 2.45) is 0 Å². The van der Waals surface area contributed by atoms with Gasteiger partial charge in [0, 0.05) is 13.1 Å². The van der Waals surface area contributed by atoms with Crippen molar-refractivity contribution in [2.45, 2.75) is 44.7 Å². The van der Waals surface area contributed by atoms with Crippen LogP contribution in [0.15, 0.2) is 42.0 Å². The number of amides is 2. The molecule has 1 aromatic carbocycles. The highest BCUT2D eigenvalue weighted by Crippen LogP contribution is 2.19. The Balaban J connectivity index is 1.56. The van der Waals surface area contributed by atoms with Gasteiger partial charge in [-0.15, -0.1) is 0 Å². The number of hydrogen-bond acceptors (Lipinski definition) is 3. The molecule has 134 valence electrons. The number of benzene rings is 1. The summed E-state index contributed by atoms with van der Waals surface area (Å²) in [5.74, 6) is -0.259. The Hall–Kier alpha value is -2.14. The molecule has 0 saturated carbocycles. The van der Waals surface area contributed by atoms with Gasteiger partial charge in [-0.3, -0.25) is 9.59 Å². The quantitative estimate of drug-likeness (QED) is 0.808. The Morgan fingerprint density at radius 1 is 1.24 bits per heavy atom. The van der Waals surface area contributed by atoms with E-state index in [0.29, 0.717) is 13.1 Å². The van der Waals surface area contributed by atoms with E-state index in [-0.39, 0.29) is 25.0 Å². The first-order valence-corrected chi connectivity index (χ1v) is 9.11. The summed E-state index contributed by atoms with van der Waals surface area (Å²) in [7, 11) is 0. The summed E-state index contributed by atoms with van der Waals surface area (Å²) in [6.45, 7) is 1.36. The fraction of sp³-hybridized carbons (Fsp3) is 0.500. The number of rotatable bonds is 6. The summed E-state index contributed by atoms with van der Waals surface area (Å²) in [6, 6.07) is 9.19. The fourth-order valence-corrected chi connectivity index (χ4v) is 3.40. The molecule has 5 heteroatoms. The van der Waals surface area contributed by atoms with E-state index in [9.17, 15) is 9.59 Å². The first-order chi connectivity index (χ1) is 12.2. The second-order valence-corrected chi connectivity index (χ2v) is 6.69. The molecule has 1 aliphatic heterocycles. The largest absolute Gasteiger partial charge is 0.369 e. The van der Waals surface area contributed by atoms with Crippen molar-refractivity contribution in [3.05, 3.63) is 47.5 Å². The van der Waals surface area contributed by atoms with Crippen molar-refractivity contribution in [3.8, 4) is 0 Å². The highest BCUT2D eigenvalue weighted by molar-refractivity contribution is 5.89. The summed E-state index contributed by atoms with van der Waals surface area (Å²) in [5, 5.41) is 2.98. The van der Waals surface area contributed by atoms with Gasteiger partial charge in [-0.05, 0) is 37.7 Å². The molecule has 0 spiro atoms. The molecule has 3 rings (SSSR count). The Labute approximate surface area is 149 Å². The topological polar surface area (TPSA) is 58.6 Å². The maximum atomic E-state index is 12.6. The lowest BCUT2D eigenvalue weighted by molar-refractivity contribution is -0.155. The summed E-state index contributed by atoms with van der Waals surface area (Å²) in [5.41, 5.74) is 2.45. The lowest BCUT2D eigenvalue weighted by atomic mass is 9.97. The molecule has 2 aliphatic rings. The van der Waals surface area contributed by atoms with E-state index in [1.807, 2.05) is 30.3 Å². The third-order valence-corrected chi connectivity index (χ3v) is 4.83. The van der Waals surface area contributed by atoms with Gasteiger partial charge in [0.2, 0.25) is 11.8 Å². The average Bonchev–Trinajstić information content (AvgIpc) is 2.65. The van der Waals surface area contributed by atoms with Gasteiger partial charge in [0.05, 0.1) is 6.61 Å². The van der Waals surface area contributed by atoms with Crippen LogP contribution in [0.1, 0.15) is 37.7 Å². The van der Waals surface area contributed by atoms with E-state index in [1.165, 1.54) is 18.4 Å². The van der Waals surface area contributed by atoms with E-state index < -0.39 is 6.04 Å². The van der Waals surface area contributed by atoms with Gasteiger partial charge in [0.15, 0.2) is 0 Å². The van der Waals surface area contributed by atoms with Crippen molar-refractivity contribution in [2.75, 3.05) is 19.8 Å². The van der Waals surface area contributed by atoms with Crippen molar-refractivity contribution >= 4 is 11.8 Å². The fourth-order valence-electron chi connectivity index (χ4n) is 3.40. The molecule has 0 unspecified atom stereocenters. The number of morpholine rings is 1. The second-order valence-electron chi connectivity index (χ2n) is 6.69. The zero-order valence-corrected chi connectivity index (χ0v) is 14.6. The van der Waals surface area contributed by atoms with Crippen LogP contribution in [0.5, 0.6) is 0 Å². The van der Waals surface area contributed by atoms with Crippen molar-refractivity contribution in [1.82, 2.24) is 10.2 Å². The van der Waals surface area contributed by atoms with Gasteiger partial charge < -0.3 is 15.0 Å². The van der Waals surface area contributed by atoms with Crippen LogP contribution in [0.4, 0.5) is 0 Å². The van der Waals surface area contributed by atoms with E-state index in [2.05, 4.69) is 11.4 Å². The number of nitrogens with zero attached hydrogens (tertiary/aromatic N) is 1. The van der Waals surface area contributed by atoms with Crippen molar-refractivity contribution < 1.29 is 14.3 Å². The normalized spacial score (nSPS) is 21.0. The van der Waals surface area contributed by atoms with Crippen LogP contribution in [-0.2, 0) is 20.9 Å². The molecule has 0 radical (unpaired) electrons. The van der Waals surface area contributed by atoms with Crippen LogP contribution in [0.25, 0.3) is 0 Å². The van der Waals surface area contributed by atoms with Crippen LogP contribution in [0, 0.1) is 0 Å². The van der Waals surface area contributed by atoms with Gasteiger partial charge in [-0.2, -0.15) is 0 Å². The molecule has 25 heavy (non-hydrogen) atoms. The van der Waals surface area contributed by atoms with Crippen LogP contribution in [0.3, 0.4) is 0 Å². The van der Waals surface area contributed by atoms with Gasteiger partial charge in [-0.25, -0.2) is 0 Å². The molecule has 0 bridgehead atoms. The van der Waals surface area contributed by atoms with Gasteiger partial charge >= 0.3 is 0 Å². The summed E-state index contributed by atoms with van der Waals surface area (Å²) < 4.78 is 5.32. The zero-order chi connectivity index (χ0) is 17.5. The summed E-state index contributed by atoms with van der Waals surface area (Å²) in [6.07, 6.45) is 8.00. The molecular formula is C20H26N2O3. The molecular weight excluding hydrogens is 316 g/mol. The summed E-state index contributed by atoms with van der Waals surface area (Å²) in [4.78, 5) is 26.5. The molecule has 1 aliphatic carbocycles. The zero-order valence-electron chi connectivity index (χ0n) is 14.6. The first-order valence-electron chi connectivity index (χ1n) is 9.11. The van der Waals surface area contributed by atoms with Crippen LogP contribution in [-0.4, -0.2) is 42.5 Å². The molecule has 1 saturated heterocycles. The lowest BCUT2D eigenvalue weighted by Crippen LogP contribution is -2.56. The number of nitrogens with one attached hydrogen (secondary N) is 1. The van der Waals surface area contributed by atoms with E-state index >= 15 is 0 Å². The number of hydrogen-bond donors (Lipinski definition) is 1. The molecule has 1 fully saturated rings. The summed E-state index contributed by atoms with van der Waals surface area (Å²) >= 11 is 0. The number of ether oxygens (including phenoxy) is 1.